The van der Waals surface area contributed by atoms with Crippen LogP contribution in [0.3, 0.4) is 0 Å². The first-order valence-corrected chi connectivity index (χ1v) is 7.66. The minimum Gasteiger partial charge on any atom is -0.388 e. The summed E-state index contributed by atoms with van der Waals surface area (Å²) in [6, 6.07) is 10.8. The Kier molecular flexibility index (Phi) is 3.90. The minimum absolute atomic E-state index is 0.274. The zero-order valence-corrected chi connectivity index (χ0v) is 12.7. The Morgan fingerprint density at radius 1 is 1.10 bits per heavy atom. The third-order valence-electron chi connectivity index (χ3n) is 3.93. The maximum Gasteiger partial charge on any atom is 0.123 e. The zero-order chi connectivity index (χ0) is 14.1. The molecule has 3 heteroatoms. The summed E-state index contributed by atoms with van der Waals surface area (Å²) in [6.07, 6.45) is 3.25. The zero-order valence-electron chi connectivity index (χ0n) is 11.1. The fourth-order valence-corrected chi connectivity index (χ4v) is 3.23. The lowest BCUT2D eigenvalue weighted by Crippen LogP contribution is -2.03. The predicted octanol–water partition coefficient (Wildman–Crippen LogP) is 4.35. The summed E-state index contributed by atoms with van der Waals surface area (Å²) < 4.78 is 14.1. The Morgan fingerprint density at radius 2 is 1.90 bits per heavy atom. The summed E-state index contributed by atoms with van der Waals surface area (Å²) in [7, 11) is 0. The summed E-state index contributed by atoms with van der Waals surface area (Å²) in [6.45, 7) is 0. The maximum atomic E-state index is 13.3. The second-order valence-electron chi connectivity index (χ2n) is 5.34. The number of halogens is 2. The molecule has 1 aliphatic rings. The van der Waals surface area contributed by atoms with Gasteiger partial charge in [-0.3, -0.25) is 0 Å². The van der Waals surface area contributed by atoms with Crippen molar-refractivity contribution in [2.45, 2.75) is 31.8 Å². The number of aryl methyl sites for hydroxylation is 2. The van der Waals surface area contributed by atoms with Crippen LogP contribution in [0.15, 0.2) is 40.9 Å². The average Bonchev–Trinajstić information content (AvgIpc) is 2.90. The Bertz CT molecular complexity index is 639. The van der Waals surface area contributed by atoms with Gasteiger partial charge in [-0.25, -0.2) is 4.39 Å². The molecule has 0 heterocycles. The molecule has 0 aliphatic heterocycles. The van der Waals surface area contributed by atoms with Crippen LogP contribution in [0, 0.1) is 5.82 Å². The van der Waals surface area contributed by atoms with E-state index in [2.05, 4.69) is 28.1 Å². The van der Waals surface area contributed by atoms with E-state index < -0.39 is 6.10 Å². The first-order chi connectivity index (χ1) is 9.63. The third kappa shape index (κ3) is 2.79. The van der Waals surface area contributed by atoms with Crippen LogP contribution in [0.5, 0.6) is 0 Å². The number of aliphatic hydroxyl groups is 1. The van der Waals surface area contributed by atoms with Crippen molar-refractivity contribution in [3.05, 3.63) is 68.9 Å². The lowest BCUT2D eigenvalue weighted by atomic mass is 9.98. The summed E-state index contributed by atoms with van der Waals surface area (Å²) in [5.41, 5.74) is 4.45. The van der Waals surface area contributed by atoms with Gasteiger partial charge in [-0.2, -0.15) is 0 Å². The van der Waals surface area contributed by atoms with Crippen LogP contribution in [0.1, 0.15) is 34.8 Å². The van der Waals surface area contributed by atoms with Gasteiger partial charge in [-0.15, -0.1) is 0 Å². The molecule has 1 aliphatic carbocycles. The van der Waals surface area contributed by atoms with Crippen LogP contribution < -0.4 is 0 Å². The van der Waals surface area contributed by atoms with Crippen LogP contribution in [-0.4, -0.2) is 5.11 Å². The van der Waals surface area contributed by atoms with E-state index in [1.54, 1.807) is 6.07 Å². The van der Waals surface area contributed by atoms with Gasteiger partial charge in [0.1, 0.15) is 5.82 Å². The minimum atomic E-state index is -0.598. The summed E-state index contributed by atoms with van der Waals surface area (Å²) >= 11 is 3.40. The number of fused-ring (bicyclic) bond motifs is 1. The van der Waals surface area contributed by atoms with Gasteiger partial charge in [-0.1, -0.05) is 34.1 Å². The summed E-state index contributed by atoms with van der Waals surface area (Å²) in [5, 5.41) is 10.4. The topological polar surface area (TPSA) is 20.2 Å². The second kappa shape index (κ2) is 5.66. The molecule has 0 saturated carbocycles. The lowest BCUT2D eigenvalue weighted by molar-refractivity contribution is 0.178. The average molecular weight is 335 g/mol. The van der Waals surface area contributed by atoms with Crippen LogP contribution in [0.25, 0.3) is 0 Å². The number of rotatable bonds is 3. The van der Waals surface area contributed by atoms with Gasteiger partial charge < -0.3 is 5.11 Å². The van der Waals surface area contributed by atoms with E-state index in [4.69, 9.17) is 0 Å². The molecule has 3 rings (SSSR count). The Morgan fingerprint density at radius 3 is 2.75 bits per heavy atom. The number of hydrogen-bond donors (Lipinski definition) is 1. The predicted molar refractivity (Wildman–Crippen MR) is 81.2 cm³/mol. The van der Waals surface area contributed by atoms with Crippen LogP contribution in [-0.2, 0) is 19.3 Å². The number of aliphatic hydroxyl groups excluding tert-OH is 1. The van der Waals surface area contributed by atoms with Gasteiger partial charge in [0, 0.05) is 10.9 Å². The van der Waals surface area contributed by atoms with E-state index >= 15 is 0 Å². The van der Waals surface area contributed by atoms with E-state index in [1.807, 2.05) is 6.07 Å². The molecule has 1 unspecified atom stereocenters. The fraction of sp³-hybridized carbons (Fsp3) is 0.294. The largest absolute Gasteiger partial charge is 0.388 e. The van der Waals surface area contributed by atoms with Crippen LogP contribution >= 0.6 is 15.9 Å². The van der Waals surface area contributed by atoms with E-state index in [9.17, 15) is 9.50 Å². The van der Waals surface area contributed by atoms with Gasteiger partial charge in [0.25, 0.3) is 0 Å². The van der Waals surface area contributed by atoms with Crippen molar-refractivity contribution in [3.8, 4) is 0 Å². The molecule has 0 bridgehead atoms. The molecule has 0 aromatic heterocycles. The summed E-state index contributed by atoms with van der Waals surface area (Å²) in [4.78, 5) is 0. The van der Waals surface area contributed by atoms with Crippen molar-refractivity contribution in [1.29, 1.82) is 0 Å². The Balaban J connectivity index is 1.82. The second-order valence-corrected chi connectivity index (χ2v) is 6.19. The molecule has 1 atom stereocenters. The van der Waals surface area contributed by atoms with Crippen molar-refractivity contribution < 1.29 is 9.50 Å². The molecule has 0 saturated heterocycles. The number of hydrogen-bond acceptors (Lipinski definition) is 1. The highest BCUT2D eigenvalue weighted by Crippen LogP contribution is 2.28. The fourth-order valence-electron chi connectivity index (χ4n) is 2.82. The normalized spacial score (nSPS) is 15.2. The smallest absolute Gasteiger partial charge is 0.123 e. The number of benzene rings is 2. The molecule has 0 radical (unpaired) electrons. The molecule has 2 aromatic carbocycles. The van der Waals surface area contributed by atoms with Gasteiger partial charge in [0.2, 0.25) is 0 Å². The van der Waals surface area contributed by atoms with E-state index in [0.29, 0.717) is 6.42 Å². The Labute approximate surface area is 126 Å². The molecular formula is C17H16BrFO. The highest BCUT2D eigenvalue weighted by Gasteiger charge is 2.16. The highest BCUT2D eigenvalue weighted by atomic mass is 79.9. The molecule has 20 heavy (non-hydrogen) atoms. The van der Waals surface area contributed by atoms with Crippen LogP contribution in [0.2, 0.25) is 0 Å². The van der Waals surface area contributed by atoms with Gasteiger partial charge in [0.15, 0.2) is 0 Å². The highest BCUT2D eigenvalue weighted by molar-refractivity contribution is 9.10. The molecule has 104 valence electrons. The first-order valence-electron chi connectivity index (χ1n) is 6.87. The third-order valence-corrected chi connectivity index (χ3v) is 4.70. The maximum absolute atomic E-state index is 13.3. The van der Waals surface area contributed by atoms with E-state index in [0.717, 1.165) is 28.4 Å². The standard InChI is InChI=1S/C17H16BrFO/c18-16-7-6-15(19)9-14(16)10-17(20)13-5-4-11-2-1-3-12(11)8-13/h4-9,17,20H,1-3,10H2. The van der Waals surface area contributed by atoms with Crippen molar-refractivity contribution in [3.63, 3.8) is 0 Å². The van der Waals surface area contributed by atoms with Gasteiger partial charge in [-0.05, 0) is 59.7 Å². The SMILES string of the molecule is OC(Cc1cc(F)ccc1Br)c1ccc2c(c1)CCC2. The first kappa shape index (κ1) is 13.8. The molecule has 2 aromatic rings. The molecular weight excluding hydrogens is 319 g/mol. The quantitative estimate of drug-likeness (QED) is 0.884. The van der Waals surface area contributed by atoms with Gasteiger partial charge in [0.05, 0.1) is 6.10 Å². The molecule has 1 N–H and O–H groups in total. The van der Waals surface area contributed by atoms with Gasteiger partial charge >= 0.3 is 0 Å². The van der Waals surface area contributed by atoms with E-state index in [-0.39, 0.29) is 5.82 Å². The molecule has 0 fully saturated rings. The van der Waals surface area contributed by atoms with Crippen molar-refractivity contribution >= 4 is 15.9 Å². The monoisotopic (exact) mass is 334 g/mol. The van der Waals surface area contributed by atoms with E-state index in [1.165, 1.54) is 29.7 Å². The molecule has 1 nitrogen and oxygen atoms in total. The van der Waals surface area contributed by atoms with Crippen molar-refractivity contribution in [1.82, 2.24) is 0 Å². The molecule has 0 spiro atoms. The Hall–Kier alpha value is -1.19. The van der Waals surface area contributed by atoms with Crippen molar-refractivity contribution in [2.75, 3.05) is 0 Å². The summed E-state index contributed by atoms with van der Waals surface area (Å²) in [5.74, 6) is -0.274. The van der Waals surface area contributed by atoms with Crippen molar-refractivity contribution in [2.24, 2.45) is 0 Å². The van der Waals surface area contributed by atoms with Crippen LogP contribution in [0.4, 0.5) is 4.39 Å². The lowest BCUT2D eigenvalue weighted by Gasteiger charge is -2.14. The molecule has 0 amide bonds.